The number of thiocarbonyl (C=S) groups is 1. The summed E-state index contributed by atoms with van der Waals surface area (Å²) in [6.07, 6.45) is 4.29. The maximum absolute atomic E-state index is 12.4. The second-order valence-corrected chi connectivity index (χ2v) is 8.37. The molecule has 0 fully saturated rings. The van der Waals surface area contributed by atoms with Crippen LogP contribution in [0.5, 0.6) is 0 Å². The number of amides is 2. The molecule has 4 rings (SSSR count). The molecule has 0 bridgehead atoms. The summed E-state index contributed by atoms with van der Waals surface area (Å²) in [6.45, 7) is 0. The average molecular weight is 480 g/mol. The number of anilines is 2. The SMILES string of the molecule is O=C(/C=C/c1cccc2ccccc12)NC(=S)Nc1cccc(NC(=O)CCc2ccccc2)c1. The van der Waals surface area contributed by atoms with Crippen molar-refractivity contribution in [3.05, 3.63) is 114 Å². The Hall–Kier alpha value is -4.29. The predicted molar refractivity (Wildman–Crippen MR) is 147 cm³/mol. The molecule has 0 aliphatic carbocycles. The first-order valence-corrected chi connectivity index (χ1v) is 11.7. The maximum Gasteiger partial charge on any atom is 0.250 e. The highest BCUT2D eigenvalue weighted by molar-refractivity contribution is 7.80. The summed E-state index contributed by atoms with van der Waals surface area (Å²) in [7, 11) is 0. The van der Waals surface area contributed by atoms with E-state index in [1.807, 2.05) is 78.9 Å². The summed E-state index contributed by atoms with van der Waals surface area (Å²) in [4.78, 5) is 24.7. The Labute approximate surface area is 209 Å². The number of nitrogens with one attached hydrogen (secondary N) is 3. The molecule has 35 heavy (non-hydrogen) atoms. The molecule has 0 heterocycles. The van der Waals surface area contributed by atoms with Crippen molar-refractivity contribution in [2.75, 3.05) is 10.6 Å². The number of carbonyl (C=O) groups excluding carboxylic acids is 2. The van der Waals surface area contributed by atoms with Gasteiger partial charge in [-0.3, -0.25) is 14.9 Å². The third kappa shape index (κ3) is 7.09. The summed E-state index contributed by atoms with van der Waals surface area (Å²) in [5.74, 6) is -0.402. The van der Waals surface area contributed by atoms with Crippen molar-refractivity contribution in [1.29, 1.82) is 0 Å². The summed E-state index contributed by atoms with van der Waals surface area (Å²) < 4.78 is 0. The van der Waals surface area contributed by atoms with Crippen LogP contribution in [0.1, 0.15) is 17.5 Å². The lowest BCUT2D eigenvalue weighted by Gasteiger charge is -2.11. The molecule has 0 atom stereocenters. The van der Waals surface area contributed by atoms with Crippen LogP contribution >= 0.6 is 12.2 Å². The fourth-order valence-corrected chi connectivity index (χ4v) is 3.90. The highest BCUT2D eigenvalue weighted by Crippen LogP contribution is 2.19. The quantitative estimate of drug-likeness (QED) is 0.227. The van der Waals surface area contributed by atoms with Crippen LogP contribution in [-0.2, 0) is 16.0 Å². The predicted octanol–water partition coefficient (Wildman–Crippen LogP) is 5.94. The normalized spacial score (nSPS) is 10.7. The van der Waals surface area contributed by atoms with Crippen LogP contribution in [0, 0.1) is 0 Å². The zero-order valence-electron chi connectivity index (χ0n) is 19.0. The molecule has 0 aliphatic rings. The Kier molecular flexibility index (Phi) is 7.99. The molecular formula is C29H25N3O2S. The van der Waals surface area contributed by atoms with Gasteiger partial charge in [0.15, 0.2) is 5.11 Å². The number of fused-ring (bicyclic) bond motifs is 1. The summed E-state index contributed by atoms with van der Waals surface area (Å²) >= 11 is 5.28. The van der Waals surface area contributed by atoms with E-state index in [-0.39, 0.29) is 16.9 Å². The third-order valence-corrected chi connectivity index (χ3v) is 5.57. The fourth-order valence-electron chi connectivity index (χ4n) is 3.68. The third-order valence-electron chi connectivity index (χ3n) is 5.36. The summed E-state index contributed by atoms with van der Waals surface area (Å²) in [6, 6.07) is 31.0. The zero-order chi connectivity index (χ0) is 24.5. The Balaban J connectivity index is 1.29. The van der Waals surface area contributed by atoms with E-state index in [1.165, 1.54) is 6.08 Å². The molecule has 4 aromatic rings. The minimum absolute atomic E-state index is 0.0690. The monoisotopic (exact) mass is 479 g/mol. The van der Waals surface area contributed by atoms with Gasteiger partial charge in [-0.1, -0.05) is 78.9 Å². The smallest absolute Gasteiger partial charge is 0.250 e. The van der Waals surface area contributed by atoms with E-state index in [0.717, 1.165) is 21.9 Å². The van der Waals surface area contributed by atoms with Crippen molar-refractivity contribution >= 4 is 57.4 Å². The molecule has 2 amide bonds. The van der Waals surface area contributed by atoms with Crippen LogP contribution < -0.4 is 16.0 Å². The lowest BCUT2D eigenvalue weighted by atomic mass is 10.0. The molecule has 0 saturated carbocycles. The average Bonchev–Trinajstić information content (AvgIpc) is 2.87. The molecule has 5 nitrogen and oxygen atoms in total. The van der Waals surface area contributed by atoms with Crippen LogP contribution in [0.3, 0.4) is 0 Å². The minimum atomic E-state index is -0.333. The first-order chi connectivity index (χ1) is 17.1. The second kappa shape index (κ2) is 11.7. The summed E-state index contributed by atoms with van der Waals surface area (Å²) in [5.41, 5.74) is 3.38. The van der Waals surface area contributed by atoms with Crippen LogP contribution in [0.15, 0.2) is 103 Å². The van der Waals surface area contributed by atoms with Gasteiger partial charge in [0, 0.05) is 23.9 Å². The second-order valence-electron chi connectivity index (χ2n) is 7.96. The maximum atomic E-state index is 12.4. The van der Waals surface area contributed by atoms with E-state index in [0.29, 0.717) is 24.2 Å². The van der Waals surface area contributed by atoms with Gasteiger partial charge in [-0.05, 0) is 64.8 Å². The number of hydrogen-bond donors (Lipinski definition) is 3. The van der Waals surface area contributed by atoms with Crippen molar-refractivity contribution < 1.29 is 9.59 Å². The molecule has 4 aromatic carbocycles. The molecule has 174 valence electrons. The number of hydrogen-bond acceptors (Lipinski definition) is 3. The van der Waals surface area contributed by atoms with E-state index >= 15 is 0 Å². The van der Waals surface area contributed by atoms with Crippen molar-refractivity contribution in [1.82, 2.24) is 5.32 Å². The number of benzene rings is 4. The summed E-state index contributed by atoms with van der Waals surface area (Å²) in [5, 5.41) is 10.9. The Morgan fingerprint density at radius 1 is 0.771 bits per heavy atom. The number of carbonyl (C=O) groups is 2. The van der Waals surface area contributed by atoms with E-state index in [9.17, 15) is 9.59 Å². The molecule has 3 N–H and O–H groups in total. The number of rotatable bonds is 7. The lowest BCUT2D eigenvalue weighted by Crippen LogP contribution is -2.32. The van der Waals surface area contributed by atoms with Gasteiger partial charge in [0.2, 0.25) is 11.8 Å². The van der Waals surface area contributed by atoms with Gasteiger partial charge in [0.05, 0.1) is 0 Å². The molecule has 0 unspecified atom stereocenters. The molecular weight excluding hydrogens is 454 g/mol. The van der Waals surface area contributed by atoms with Crippen LogP contribution in [0.2, 0.25) is 0 Å². The van der Waals surface area contributed by atoms with E-state index in [1.54, 1.807) is 24.3 Å². The van der Waals surface area contributed by atoms with Gasteiger partial charge < -0.3 is 10.6 Å². The van der Waals surface area contributed by atoms with Gasteiger partial charge in [0.25, 0.3) is 0 Å². The number of aryl methyl sites for hydroxylation is 1. The molecule has 0 saturated heterocycles. The van der Waals surface area contributed by atoms with Crippen molar-refractivity contribution in [2.45, 2.75) is 12.8 Å². The minimum Gasteiger partial charge on any atom is -0.332 e. The van der Waals surface area contributed by atoms with Crippen molar-refractivity contribution in [3.63, 3.8) is 0 Å². The highest BCUT2D eigenvalue weighted by atomic mass is 32.1. The Morgan fingerprint density at radius 2 is 1.46 bits per heavy atom. The van der Waals surface area contributed by atoms with Gasteiger partial charge in [-0.2, -0.15) is 0 Å². The van der Waals surface area contributed by atoms with Crippen LogP contribution in [-0.4, -0.2) is 16.9 Å². The Morgan fingerprint density at radius 3 is 2.29 bits per heavy atom. The first kappa shape index (κ1) is 23.9. The molecule has 0 aromatic heterocycles. The van der Waals surface area contributed by atoms with Crippen molar-refractivity contribution in [3.8, 4) is 0 Å². The van der Waals surface area contributed by atoms with Gasteiger partial charge in [-0.15, -0.1) is 0 Å². The lowest BCUT2D eigenvalue weighted by molar-refractivity contribution is -0.116. The highest BCUT2D eigenvalue weighted by Gasteiger charge is 2.06. The topological polar surface area (TPSA) is 70.2 Å². The van der Waals surface area contributed by atoms with Gasteiger partial charge >= 0.3 is 0 Å². The molecule has 0 spiro atoms. The molecule has 0 radical (unpaired) electrons. The Bertz CT molecular complexity index is 1380. The van der Waals surface area contributed by atoms with Gasteiger partial charge in [0.1, 0.15) is 0 Å². The largest absolute Gasteiger partial charge is 0.332 e. The van der Waals surface area contributed by atoms with E-state index < -0.39 is 0 Å². The first-order valence-electron chi connectivity index (χ1n) is 11.3. The zero-order valence-corrected chi connectivity index (χ0v) is 19.8. The van der Waals surface area contributed by atoms with E-state index in [4.69, 9.17) is 12.2 Å². The van der Waals surface area contributed by atoms with E-state index in [2.05, 4.69) is 16.0 Å². The van der Waals surface area contributed by atoms with Crippen LogP contribution in [0.25, 0.3) is 16.8 Å². The standard InChI is InChI=1S/C29H25N3O2S/c33-27(18-16-21-8-2-1-3-9-21)30-24-13-7-14-25(20-24)31-29(35)32-28(34)19-17-23-12-6-11-22-10-4-5-15-26(22)23/h1-15,17,19-20H,16,18H2,(H,30,33)(H2,31,32,34,35)/b19-17+. The van der Waals surface area contributed by atoms with Gasteiger partial charge in [-0.25, -0.2) is 0 Å². The van der Waals surface area contributed by atoms with Crippen molar-refractivity contribution in [2.24, 2.45) is 0 Å². The van der Waals surface area contributed by atoms with Crippen LogP contribution in [0.4, 0.5) is 11.4 Å². The fraction of sp³-hybridized carbons (Fsp3) is 0.0690. The molecule has 0 aliphatic heterocycles. The molecule has 6 heteroatoms.